The van der Waals surface area contributed by atoms with Crippen molar-refractivity contribution in [1.29, 1.82) is 0 Å². The number of ether oxygens (including phenoxy) is 3. The molecule has 1 amide bonds. The summed E-state index contributed by atoms with van der Waals surface area (Å²) in [5.41, 5.74) is 2.37. The highest BCUT2D eigenvalue weighted by atomic mass is 16.5. The zero-order valence-electron chi connectivity index (χ0n) is 19.7. The first-order valence-corrected chi connectivity index (χ1v) is 11.3. The maximum atomic E-state index is 13.6. The van der Waals surface area contributed by atoms with Gasteiger partial charge in [-0.3, -0.25) is 9.59 Å². The topological polar surface area (TPSA) is 78.2 Å². The van der Waals surface area contributed by atoms with E-state index in [0.29, 0.717) is 46.7 Å². The number of rotatable bonds is 7. The summed E-state index contributed by atoms with van der Waals surface area (Å²) in [4.78, 5) is 28.8. The Morgan fingerprint density at radius 3 is 2.31 bits per heavy atom. The fraction of sp³-hybridized carbons (Fsp3) is 0.214. The monoisotopic (exact) mass is 471 g/mol. The maximum Gasteiger partial charge on any atom is 0.290 e. The molecule has 3 aromatic carbocycles. The first-order chi connectivity index (χ1) is 17.0. The van der Waals surface area contributed by atoms with Crippen molar-refractivity contribution >= 4 is 16.9 Å². The highest BCUT2D eigenvalue weighted by Gasteiger charge is 2.42. The van der Waals surface area contributed by atoms with Crippen LogP contribution in [-0.4, -0.2) is 38.7 Å². The van der Waals surface area contributed by atoms with Gasteiger partial charge in [0.2, 0.25) is 5.76 Å². The Morgan fingerprint density at radius 2 is 1.60 bits per heavy atom. The van der Waals surface area contributed by atoms with Crippen molar-refractivity contribution in [2.75, 3.05) is 27.9 Å². The van der Waals surface area contributed by atoms with E-state index in [0.717, 1.165) is 11.1 Å². The average Bonchev–Trinajstić information content (AvgIpc) is 3.18. The van der Waals surface area contributed by atoms with E-state index in [-0.39, 0.29) is 17.1 Å². The smallest absolute Gasteiger partial charge is 0.290 e. The molecule has 0 saturated heterocycles. The lowest BCUT2D eigenvalue weighted by Crippen LogP contribution is -2.31. The maximum absolute atomic E-state index is 13.6. The predicted octanol–water partition coefficient (Wildman–Crippen LogP) is 4.61. The van der Waals surface area contributed by atoms with Crippen LogP contribution >= 0.6 is 0 Å². The number of para-hydroxylation sites is 1. The molecule has 7 nitrogen and oxygen atoms in total. The number of hydrogen-bond acceptors (Lipinski definition) is 6. The Balaban J connectivity index is 1.57. The van der Waals surface area contributed by atoms with Crippen LogP contribution in [0.1, 0.15) is 33.3 Å². The highest BCUT2D eigenvalue weighted by molar-refractivity contribution is 5.99. The summed E-state index contributed by atoms with van der Waals surface area (Å²) in [6.45, 7) is 0.380. The molecule has 1 aromatic heterocycles. The van der Waals surface area contributed by atoms with Crippen LogP contribution in [0.15, 0.2) is 75.9 Å². The second-order valence-corrected chi connectivity index (χ2v) is 8.28. The zero-order valence-corrected chi connectivity index (χ0v) is 19.7. The van der Waals surface area contributed by atoms with E-state index < -0.39 is 6.04 Å². The van der Waals surface area contributed by atoms with E-state index in [1.165, 1.54) is 0 Å². The second kappa shape index (κ2) is 9.18. The van der Waals surface area contributed by atoms with Crippen LogP contribution in [0, 0.1) is 0 Å². The van der Waals surface area contributed by atoms with Crippen LogP contribution in [0.2, 0.25) is 0 Å². The number of benzene rings is 3. The summed E-state index contributed by atoms with van der Waals surface area (Å²) in [6.07, 6.45) is 0.556. The predicted molar refractivity (Wildman–Crippen MR) is 132 cm³/mol. The molecule has 1 aliphatic heterocycles. The van der Waals surface area contributed by atoms with Gasteiger partial charge in [-0.25, -0.2) is 0 Å². The molecule has 1 aliphatic rings. The third-order valence-corrected chi connectivity index (χ3v) is 6.39. The van der Waals surface area contributed by atoms with Gasteiger partial charge in [0.05, 0.1) is 38.3 Å². The van der Waals surface area contributed by atoms with Gasteiger partial charge in [0, 0.05) is 6.54 Å². The lowest BCUT2D eigenvalue weighted by molar-refractivity contribution is 0.0730. The Morgan fingerprint density at radius 1 is 0.857 bits per heavy atom. The van der Waals surface area contributed by atoms with Crippen LogP contribution in [0.4, 0.5) is 0 Å². The number of fused-ring (bicyclic) bond motifs is 2. The Hall–Kier alpha value is -4.26. The quantitative estimate of drug-likeness (QED) is 0.392. The van der Waals surface area contributed by atoms with Gasteiger partial charge in [0.1, 0.15) is 11.3 Å². The molecule has 0 radical (unpaired) electrons. The SMILES string of the molecule is COc1ccc([C@@H]2c3c(oc4ccccc4c3=O)C(=O)N2CCc2ccc(OC)c(OC)c2)cc1. The molecule has 7 heteroatoms. The van der Waals surface area contributed by atoms with E-state index in [2.05, 4.69) is 0 Å². The van der Waals surface area contributed by atoms with Gasteiger partial charge in [0.25, 0.3) is 5.91 Å². The number of nitrogens with zero attached hydrogens (tertiary/aromatic N) is 1. The zero-order chi connectivity index (χ0) is 24.5. The Bertz CT molecular complexity index is 1460. The molecule has 0 saturated carbocycles. The Kier molecular flexibility index (Phi) is 5.91. The van der Waals surface area contributed by atoms with Crippen molar-refractivity contribution in [3.63, 3.8) is 0 Å². The molecule has 0 bridgehead atoms. The average molecular weight is 472 g/mol. The van der Waals surface area contributed by atoms with E-state index in [4.69, 9.17) is 18.6 Å². The fourth-order valence-corrected chi connectivity index (χ4v) is 4.62. The lowest BCUT2D eigenvalue weighted by Gasteiger charge is -2.25. The minimum absolute atomic E-state index is 0.0989. The van der Waals surface area contributed by atoms with Crippen LogP contribution in [0.5, 0.6) is 17.2 Å². The number of hydrogen-bond donors (Lipinski definition) is 0. The van der Waals surface area contributed by atoms with Crippen LogP contribution < -0.4 is 19.6 Å². The van der Waals surface area contributed by atoms with E-state index >= 15 is 0 Å². The summed E-state index contributed by atoms with van der Waals surface area (Å²) in [7, 11) is 4.77. The molecule has 5 rings (SSSR count). The third kappa shape index (κ3) is 3.89. The van der Waals surface area contributed by atoms with Crippen molar-refractivity contribution < 1.29 is 23.4 Å². The molecule has 0 aliphatic carbocycles. The molecule has 0 N–H and O–H groups in total. The minimum Gasteiger partial charge on any atom is -0.497 e. The van der Waals surface area contributed by atoms with Gasteiger partial charge >= 0.3 is 0 Å². The van der Waals surface area contributed by atoms with Crippen molar-refractivity contribution in [3.05, 3.63) is 99.4 Å². The van der Waals surface area contributed by atoms with Gasteiger partial charge in [-0.1, -0.05) is 30.3 Å². The molecule has 4 aromatic rings. The number of carbonyl (C=O) groups excluding carboxylic acids is 1. The molecule has 0 fully saturated rings. The van der Waals surface area contributed by atoms with Crippen LogP contribution in [0.3, 0.4) is 0 Å². The van der Waals surface area contributed by atoms with Crippen molar-refractivity contribution in [1.82, 2.24) is 4.90 Å². The van der Waals surface area contributed by atoms with Gasteiger partial charge < -0.3 is 23.5 Å². The molecular weight excluding hydrogens is 446 g/mol. The van der Waals surface area contributed by atoms with Crippen molar-refractivity contribution in [2.24, 2.45) is 0 Å². The summed E-state index contributed by atoms with van der Waals surface area (Å²) in [6, 6.07) is 19.5. The van der Waals surface area contributed by atoms with Gasteiger partial charge in [0.15, 0.2) is 16.9 Å². The van der Waals surface area contributed by atoms with E-state index in [1.807, 2.05) is 42.5 Å². The van der Waals surface area contributed by atoms with Crippen molar-refractivity contribution in [2.45, 2.75) is 12.5 Å². The number of carbonyl (C=O) groups is 1. The first-order valence-electron chi connectivity index (χ1n) is 11.3. The largest absolute Gasteiger partial charge is 0.497 e. The van der Waals surface area contributed by atoms with E-state index in [9.17, 15) is 9.59 Å². The summed E-state index contributed by atoms with van der Waals surface area (Å²) < 4.78 is 22.0. The standard InChI is InChI=1S/C28H25NO6/c1-32-19-11-9-18(10-12-19)25-24-26(30)20-6-4-5-7-21(20)35-27(24)28(31)29(25)15-14-17-8-13-22(33-2)23(16-17)34-3/h4-13,16,25H,14-15H2,1-3H3/t25-/m1/s1. The fourth-order valence-electron chi connectivity index (χ4n) is 4.62. The number of methoxy groups -OCH3 is 3. The third-order valence-electron chi connectivity index (χ3n) is 6.39. The van der Waals surface area contributed by atoms with Crippen LogP contribution in [0.25, 0.3) is 11.0 Å². The minimum atomic E-state index is -0.565. The Labute approximate surface area is 202 Å². The molecule has 2 heterocycles. The lowest BCUT2D eigenvalue weighted by atomic mass is 9.98. The summed E-state index contributed by atoms with van der Waals surface area (Å²) >= 11 is 0. The van der Waals surface area contributed by atoms with Gasteiger partial charge in [-0.15, -0.1) is 0 Å². The van der Waals surface area contributed by atoms with Crippen LogP contribution in [-0.2, 0) is 6.42 Å². The van der Waals surface area contributed by atoms with E-state index in [1.54, 1.807) is 50.5 Å². The molecule has 35 heavy (non-hydrogen) atoms. The molecular formula is C28H25NO6. The summed E-state index contributed by atoms with van der Waals surface area (Å²) in [5.74, 6) is 1.75. The van der Waals surface area contributed by atoms with Crippen molar-refractivity contribution in [3.8, 4) is 17.2 Å². The molecule has 0 unspecified atom stereocenters. The van der Waals surface area contributed by atoms with Gasteiger partial charge in [-0.2, -0.15) is 0 Å². The van der Waals surface area contributed by atoms with Gasteiger partial charge in [-0.05, 0) is 53.9 Å². The first kappa shape index (κ1) is 22.5. The molecule has 178 valence electrons. The number of amides is 1. The normalized spacial score (nSPS) is 14.8. The second-order valence-electron chi connectivity index (χ2n) is 8.28. The summed E-state index contributed by atoms with van der Waals surface area (Å²) in [5, 5.41) is 0.458. The molecule has 0 spiro atoms. The molecule has 1 atom stereocenters. The highest BCUT2D eigenvalue weighted by Crippen LogP contribution is 2.39.